The quantitative estimate of drug-likeness (QED) is 0.378. The summed E-state index contributed by atoms with van der Waals surface area (Å²) in [6.45, 7) is 4.93. The highest BCUT2D eigenvalue weighted by Gasteiger charge is 2.61. The molecular formula is C33H50N2O2S. The van der Waals surface area contributed by atoms with Gasteiger partial charge in [-0.05, 0) is 118 Å². The Kier molecular flexibility index (Phi) is 7.55. The number of amides is 1. The van der Waals surface area contributed by atoms with E-state index in [9.17, 15) is 9.59 Å². The van der Waals surface area contributed by atoms with E-state index in [1.54, 1.807) is 0 Å². The number of rotatable bonds is 3. The lowest BCUT2D eigenvalue weighted by Crippen LogP contribution is -2.57. The normalized spacial score (nSPS) is 39.9. The fourth-order valence-corrected chi connectivity index (χ4v) is 10.8. The molecule has 0 aromatic carbocycles. The summed E-state index contributed by atoms with van der Waals surface area (Å²) in [5.74, 6) is 2.77. The van der Waals surface area contributed by atoms with Crippen molar-refractivity contribution >= 4 is 29.0 Å². The van der Waals surface area contributed by atoms with Crippen molar-refractivity contribution in [3.63, 3.8) is 0 Å². The molecule has 210 valence electrons. The molecule has 6 aliphatic rings. The Morgan fingerprint density at radius 2 is 1.58 bits per heavy atom. The first-order valence-corrected chi connectivity index (χ1v) is 16.6. The molecule has 0 aromatic heterocycles. The molecule has 0 spiro atoms. The van der Waals surface area contributed by atoms with Gasteiger partial charge in [-0.25, -0.2) is 0 Å². The van der Waals surface area contributed by atoms with Crippen molar-refractivity contribution in [2.75, 3.05) is 0 Å². The number of hydrogen-bond acceptors (Lipinski definition) is 3. The molecule has 0 aromatic rings. The van der Waals surface area contributed by atoms with Crippen molar-refractivity contribution in [3.05, 3.63) is 11.6 Å². The van der Waals surface area contributed by atoms with Crippen LogP contribution in [0.2, 0.25) is 0 Å². The Bertz CT molecular complexity index is 979. The number of carbonyl (C=O) groups excluding carboxylic acids is 2. The zero-order chi connectivity index (χ0) is 26.5. The molecule has 0 heterocycles. The Labute approximate surface area is 236 Å². The van der Waals surface area contributed by atoms with Crippen molar-refractivity contribution in [1.29, 1.82) is 0 Å². The first-order chi connectivity index (χ1) is 18.3. The molecular weight excluding hydrogens is 488 g/mol. The van der Waals surface area contributed by atoms with Gasteiger partial charge in [-0.3, -0.25) is 14.5 Å². The number of thiocarbonyl (C=S) groups is 1. The first kappa shape index (κ1) is 27.0. The van der Waals surface area contributed by atoms with Crippen LogP contribution >= 0.6 is 12.2 Å². The molecule has 0 unspecified atom stereocenters. The number of nitrogens with zero attached hydrogens (tertiary/aromatic N) is 1. The van der Waals surface area contributed by atoms with Gasteiger partial charge in [0.2, 0.25) is 5.91 Å². The predicted octanol–water partition coefficient (Wildman–Crippen LogP) is 7.50. The topological polar surface area (TPSA) is 49.4 Å². The lowest BCUT2D eigenvalue weighted by atomic mass is 9.47. The van der Waals surface area contributed by atoms with Crippen molar-refractivity contribution < 1.29 is 9.59 Å². The van der Waals surface area contributed by atoms with Crippen LogP contribution in [0.15, 0.2) is 11.6 Å². The summed E-state index contributed by atoms with van der Waals surface area (Å²) in [6.07, 6.45) is 22.7. The summed E-state index contributed by atoms with van der Waals surface area (Å²) >= 11 is 6.07. The smallest absolute Gasteiger partial charge is 0.232 e. The third-order valence-corrected chi connectivity index (χ3v) is 12.9. The van der Waals surface area contributed by atoms with Crippen LogP contribution in [0.3, 0.4) is 0 Å². The largest absolute Gasteiger partial charge is 0.359 e. The highest BCUT2D eigenvalue weighted by molar-refractivity contribution is 7.80. The van der Waals surface area contributed by atoms with Gasteiger partial charge in [0, 0.05) is 24.4 Å². The van der Waals surface area contributed by atoms with Gasteiger partial charge < -0.3 is 5.32 Å². The monoisotopic (exact) mass is 538 g/mol. The van der Waals surface area contributed by atoms with Gasteiger partial charge in [-0.15, -0.1) is 0 Å². The van der Waals surface area contributed by atoms with E-state index < -0.39 is 0 Å². The van der Waals surface area contributed by atoms with E-state index >= 15 is 0 Å². The molecule has 0 radical (unpaired) electrons. The summed E-state index contributed by atoms with van der Waals surface area (Å²) in [5, 5.41) is 4.43. The van der Waals surface area contributed by atoms with Crippen LogP contribution in [0.4, 0.5) is 0 Å². The van der Waals surface area contributed by atoms with E-state index in [4.69, 9.17) is 12.2 Å². The molecule has 6 atom stereocenters. The van der Waals surface area contributed by atoms with E-state index in [0.29, 0.717) is 41.9 Å². The zero-order valence-electron chi connectivity index (χ0n) is 23.9. The second-order valence-corrected chi connectivity index (χ2v) is 14.8. The van der Waals surface area contributed by atoms with Crippen LogP contribution in [0, 0.1) is 34.5 Å². The van der Waals surface area contributed by atoms with Crippen LogP contribution in [0.5, 0.6) is 0 Å². The van der Waals surface area contributed by atoms with Crippen LogP contribution in [-0.4, -0.2) is 33.8 Å². The molecule has 6 rings (SSSR count). The minimum Gasteiger partial charge on any atom is -0.359 e. The molecule has 4 nitrogen and oxygen atoms in total. The molecule has 5 saturated carbocycles. The molecule has 5 fully saturated rings. The van der Waals surface area contributed by atoms with Crippen molar-refractivity contribution in [2.45, 2.75) is 142 Å². The third kappa shape index (κ3) is 4.61. The van der Waals surface area contributed by atoms with Gasteiger partial charge in [0.05, 0.1) is 0 Å². The Morgan fingerprint density at radius 3 is 2.32 bits per heavy atom. The van der Waals surface area contributed by atoms with Gasteiger partial charge in [0.1, 0.15) is 0 Å². The SMILES string of the molecule is C[C@]12CC[C@H]3[C@@H](CCC4=CC(=O)CC[C@@]43C)[C@@H]1CC[C@@H]2C(=O)N(C(=S)NC1CCCCC1)C1CCCCC1. The number of nitrogens with one attached hydrogen (secondary N) is 1. The van der Waals surface area contributed by atoms with E-state index in [1.807, 2.05) is 6.08 Å². The molecule has 6 aliphatic carbocycles. The van der Waals surface area contributed by atoms with Crippen LogP contribution in [-0.2, 0) is 9.59 Å². The lowest BCUT2D eigenvalue weighted by molar-refractivity contribution is -0.141. The molecule has 38 heavy (non-hydrogen) atoms. The fourth-order valence-electron chi connectivity index (χ4n) is 10.4. The van der Waals surface area contributed by atoms with Crippen molar-refractivity contribution in [1.82, 2.24) is 10.2 Å². The average Bonchev–Trinajstić information content (AvgIpc) is 3.27. The summed E-state index contributed by atoms with van der Waals surface area (Å²) < 4.78 is 0. The summed E-state index contributed by atoms with van der Waals surface area (Å²) in [4.78, 5) is 29.0. The molecule has 1 amide bonds. The first-order valence-electron chi connectivity index (χ1n) is 16.2. The summed E-state index contributed by atoms with van der Waals surface area (Å²) in [5.41, 5.74) is 1.71. The van der Waals surface area contributed by atoms with Crippen molar-refractivity contribution in [2.24, 2.45) is 34.5 Å². The molecule has 5 heteroatoms. The van der Waals surface area contributed by atoms with E-state index in [2.05, 4.69) is 24.1 Å². The Morgan fingerprint density at radius 1 is 0.868 bits per heavy atom. The molecule has 0 bridgehead atoms. The highest BCUT2D eigenvalue weighted by Crippen LogP contribution is 2.66. The zero-order valence-corrected chi connectivity index (χ0v) is 24.8. The predicted molar refractivity (Wildman–Crippen MR) is 157 cm³/mol. The maximum absolute atomic E-state index is 14.6. The van der Waals surface area contributed by atoms with E-state index in [-0.39, 0.29) is 22.8 Å². The molecule has 0 saturated heterocycles. The number of fused-ring (bicyclic) bond motifs is 5. The van der Waals surface area contributed by atoms with Gasteiger partial charge in [0.15, 0.2) is 10.9 Å². The van der Waals surface area contributed by atoms with Gasteiger partial charge in [-0.1, -0.05) is 57.9 Å². The molecule has 0 aliphatic heterocycles. The molecule has 1 N–H and O–H groups in total. The average molecular weight is 539 g/mol. The number of allylic oxidation sites excluding steroid dienone is 1. The minimum absolute atomic E-state index is 0.0771. The minimum atomic E-state index is 0.0771. The lowest BCUT2D eigenvalue weighted by Gasteiger charge is -2.58. The van der Waals surface area contributed by atoms with Crippen LogP contribution < -0.4 is 5.32 Å². The summed E-state index contributed by atoms with van der Waals surface area (Å²) in [6, 6.07) is 0.713. The van der Waals surface area contributed by atoms with E-state index in [1.165, 1.54) is 76.2 Å². The number of hydrogen-bond donors (Lipinski definition) is 1. The van der Waals surface area contributed by atoms with Crippen molar-refractivity contribution in [3.8, 4) is 0 Å². The van der Waals surface area contributed by atoms with Gasteiger partial charge >= 0.3 is 0 Å². The number of ketones is 1. The summed E-state index contributed by atoms with van der Waals surface area (Å²) in [7, 11) is 0. The maximum Gasteiger partial charge on any atom is 0.232 e. The van der Waals surface area contributed by atoms with Gasteiger partial charge in [-0.2, -0.15) is 0 Å². The van der Waals surface area contributed by atoms with E-state index in [0.717, 1.165) is 43.6 Å². The highest BCUT2D eigenvalue weighted by atomic mass is 32.1. The van der Waals surface area contributed by atoms with Gasteiger partial charge in [0.25, 0.3) is 0 Å². The fraction of sp³-hybridized carbons (Fsp3) is 0.848. The third-order valence-electron chi connectivity index (χ3n) is 12.6. The van der Waals surface area contributed by atoms with Crippen LogP contribution in [0.1, 0.15) is 129 Å². The second kappa shape index (κ2) is 10.6. The Hall–Kier alpha value is -1.23. The maximum atomic E-state index is 14.6. The standard InChI is InChI=1S/C33H50N2O2S/c1-32-19-17-25(36)21-22(32)13-14-26-27-15-16-29(33(27,2)20-18-28(26)32)30(37)35(24-11-7-4-8-12-24)31(38)34-23-9-5-3-6-10-23/h21,23-24,26-29H,3-20H2,1-2H3,(H,34,38)/t26-,27-,28-,29+,32-,33-/m0/s1. The Balaban J connectivity index is 1.23. The van der Waals surface area contributed by atoms with Crippen LogP contribution in [0.25, 0.3) is 0 Å². The number of carbonyl (C=O) groups is 2. The second-order valence-electron chi connectivity index (χ2n) is 14.4.